The highest BCUT2D eigenvalue weighted by atomic mass is 19.4. The van der Waals surface area contributed by atoms with Gasteiger partial charge >= 0.3 is 12.4 Å². The van der Waals surface area contributed by atoms with E-state index in [9.17, 15) is 31.1 Å². The average Bonchev–Trinajstić information content (AvgIpc) is 3.15. The minimum absolute atomic E-state index is 0.0160. The van der Waals surface area contributed by atoms with E-state index in [2.05, 4.69) is 15.3 Å². The highest BCUT2D eigenvalue weighted by Crippen LogP contribution is 2.36. The lowest BCUT2D eigenvalue weighted by Gasteiger charge is -2.14. The van der Waals surface area contributed by atoms with E-state index in [4.69, 9.17) is 4.42 Å². The maximum atomic E-state index is 12.9. The van der Waals surface area contributed by atoms with Crippen LogP contribution in [0.2, 0.25) is 0 Å². The minimum Gasteiger partial charge on any atom is -0.441 e. The van der Waals surface area contributed by atoms with Gasteiger partial charge in [0, 0.05) is 12.7 Å². The number of halogens is 6. The molecule has 29 heavy (non-hydrogen) atoms. The summed E-state index contributed by atoms with van der Waals surface area (Å²) in [5.74, 6) is -0.825. The van der Waals surface area contributed by atoms with Crippen molar-refractivity contribution in [1.82, 2.24) is 15.3 Å². The molecule has 0 fully saturated rings. The van der Waals surface area contributed by atoms with Gasteiger partial charge in [0.05, 0.1) is 11.1 Å². The zero-order valence-electron chi connectivity index (χ0n) is 14.3. The maximum absolute atomic E-state index is 12.9. The Morgan fingerprint density at radius 2 is 1.62 bits per heavy atom. The van der Waals surface area contributed by atoms with Crippen molar-refractivity contribution in [3.05, 3.63) is 71.4 Å². The highest BCUT2D eigenvalue weighted by molar-refractivity contribution is 5.97. The van der Waals surface area contributed by atoms with Gasteiger partial charge in [-0.1, -0.05) is 6.07 Å². The van der Waals surface area contributed by atoms with E-state index < -0.39 is 35.9 Å². The molecule has 0 aliphatic carbocycles. The molecule has 3 rings (SSSR count). The molecule has 3 aromatic rings. The average molecular weight is 415 g/mol. The second-order valence-corrected chi connectivity index (χ2v) is 5.84. The smallest absolute Gasteiger partial charge is 0.416 e. The second kappa shape index (κ2) is 7.57. The number of hydrogen-bond acceptors (Lipinski definition) is 4. The van der Waals surface area contributed by atoms with Crippen LogP contribution in [0.15, 0.2) is 53.4 Å². The second-order valence-electron chi connectivity index (χ2n) is 5.84. The first-order chi connectivity index (χ1) is 13.6. The SMILES string of the molecule is O=C(NCc1cc(C(F)(F)F)cc(C(F)(F)F)c1)c1ncoc1-c1ccccn1. The van der Waals surface area contributed by atoms with Crippen LogP contribution in [0.3, 0.4) is 0 Å². The van der Waals surface area contributed by atoms with E-state index in [0.29, 0.717) is 12.1 Å². The van der Waals surface area contributed by atoms with E-state index in [1.165, 1.54) is 6.20 Å². The van der Waals surface area contributed by atoms with Crippen LogP contribution < -0.4 is 5.32 Å². The molecule has 0 bridgehead atoms. The number of nitrogens with zero attached hydrogens (tertiary/aromatic N) is 2. The molecule has 1 N–H and O–H groups in total. The Morgan fingerprint density at radius 1 is 0.966 bits per heavy atom. The largest absolute Gasteiger partial charge is 0.441 e. The molecule has 152 valence electrons. The van der Waals surface area contributed by atoms with Gasteiger partial charge in [-0.15, -0.1) is 0 Å². The van der Waals surface area contributed by atoms with Crippen molar-refractivity contribution in [2.75, 3.05) is 0 Å². The molecule has 0 aliphatic heterocycles. The predicted octanol–water partition coefficient (Wildman–Crippen LogP) is 4.70. The first-order valence-electron chi connectivity index (χ1n) is 7.97. The zero-order chi connectivity index (χ0) is 21.2. The molecular weight excluding hydrogens is 404 g/mol. The van der Waals surface area contributed by atoms with Gasteiger partial charge in [0.2, 0.25) is 0 Å². The van der Waals surface area contributed by atoms with Crippen LogP contribution in [0.4, 0.5) is 26.3 Å². The van der Waals surface area contributed by atoms with E-state index >= 15 is 0 Å². The molecule has 0 radical (unpaired) electrons. The molecule has 1 aromatic carbocycles. The number of pyridine rings is 1. The molecule has 0 unspecified atom stereocenters. The first kappa shape index (κ1) is 20.4. The normalized spacial score (nSPS) is 12.1. The Hall–Kier alpha value is -3.37. The Bertz CT molecular complexity index is 980. The van der Waals surface area contributed by atoms with Gasteiger partial charge in [-0.25, -0.2) is 4.98 Å². The topological polar surface area (TPSA) is 68.0 Å². The van der Waals surface area contributed by atoms with Gasteiger partial charge in [0.1, 0.15) is 5.69 Å². The number of carbonyl (C=O) groups excluding carboxylic acids is 1. The lowest BCUT2D eigenvalue weighted by atomic mass is 10.0. The number of nitrogens with one attached hydrogen (secondary N) is 1. The fourth-order valence-corrected chi connectivity index (χ4v) is 2.47. The van der Waals surface area contributed by atoms with Gasteiger partial charge in [-0.2, -0.15) is 26.3 Å². The van der Waals surface area contributed by atoms with Gasteiger partial charge in [0.25, 0.3) is 5.91 Å². The van der Waals surface area contributed by atoms with Crippen molar-refractivity contribution in [2.45, 2.75) is 18.9 Å². The molecule has 0 aliphatic rings. The molecule has 0 saturated heterocycles. The fourth-order valence-electron chi connectivity index (χ4n) is 2.47. The summed E-state index contributed by atoms with van der Waals surface area (Å²) in [6, 6.07) is 5.90. The fraction of sp³-hybridized carbons (Fsp3) is 0.167. The number of hydrogen-bond donors (Lipinski definition) is 1. The van der Waals surface area contributed by atoms with Crippen LogP contribution in [0.5, 0.6) is 0 Å². The van der Waals surface area contributed by atoms with Crippen molar-refractivity contribution in [3.8, 4) is 11.5 Å². The first-order valence-corrected chi connectivity index (χ1v) is 7.97. The Labute approximate surface area is 159 Å². The van der Waals surface area contributed by atoms with Crippen molar-refractivity contribution in [3.63, 3.8) is 0 Å². The molecule has 2 heterocycles. The number of benzene rings is 1. The van der Waals surface area contributed by atoms with Crippen LogP contribution in [0, 0.1) is 0 Å². The van der Waals surface area contributed by atoms with Gasteiger partial charge in [-0.3, -0.25) is 9.78 Å². The van der Waals surface area contributed by atoms with Gasteiger partial charge < -0.3 is 9.73 Å². The van der Waals surface area contributed by atoms with Crippen molar-refractivity contribution in [2.24, 2.45) is 0 Å². The van der Waals surface area contributed by atoms with Crippen LogP contribution in [0.1, 0.15) is 27.2 Å². The summed E-state index contributed by atoms with van der Waals surface area (Å²) < 4.78 is 82.6. The Balaban J connectivity index is 1.84. The van der Waals surface area contributed by atoms with Crippen LogP contribution in [-0.2, 0) is 18.9 Å². The van der Waals surface area contributed by atoms with E-state index in [1.54, 1.807) is 18.2 Å². The Morgan fingerprint density at radius 3 is 2.17 bits per heavy atom. The molecule has 11 heteroatoms. The standard InChI is InChI=1S/C18H11F6N3O2/c19-17(20,21)11-5-10(6-12(7-11)18(22,23)24)8-26-16(28)14-15(29-9-27-14)13-3-1-2-4-25-13/h1-7,9H,8H2,(H,26,28). The number of oxazole rings is 1. The molecule has 1 amide bonds. The minimum atomic E-state index is -4.97. The van der Waals surface area contributed by atoms with Crippen LogP contribution in [0.25, 0.3) is 11.5 Å². The molecule has 0 saturated carbocycles. The van der Waals surface area contributed by atoms with Crippen molar-refractivity contribution in [1.29, 1.82) is 0 Å². The molecule has 0 spiro atoms. The number of rotatable bonds is 4. The third-order valence-electron chi connectivity index (χ3n) is 3.78. The lowest BCUT2D eigenvalue weighted by Crippen LogP contribution is -2.24. The van der Waals surface area contributed by atoms with Gasteiger partial charge in [0.15, 0.2) is 17.8 Å². The number of alkyl halides is 6. The number of carbonyl (C=O) groups is 1. The van der Waals surface area contributed by atoms with E-state index in [-0.39, 0.29) is 28.8 Å². The summed E-state index contributed by atoms with van der Waals surface area (Å²) in [7, 11) is 0. The third-order valence-corrected chi connectivity index (χ3v) is 3.78. The third kappa shape index (κ3) is 4.73. The lowest BCUT2D eigenvalue weighted by molar-refractivity contribution is -0.143. The summed E-state index contributed by atoms with van der Waals surface area (Å²) in [4.78, 5) is 20.1. The van der Waals surface area contributed by atoms with Crippen LogP contribution in [-0.4, -0.2) is 15.9 Å². The Kier molecular flexibility index (Phi) is 5.31. The van der Waals surface area contributed by atoms with Gasteiger partial charge in [-0.05, 0) is 35.9 Å². The summed E-state index contributed by atoms with van der Waals surface area (Å²) in [6.07, 6.45) is -7.53. The number of aromatic nitrogens is 2. The molecular formula is C18H11F6N3O2. The van der Waals surface area contributed by atoms with Crippen molar-refractivity contribution < 1.29 is 35.6 Å². The monoisotopic (exact) mass is 415 g/mol. The summed E-state index contributed by atoms with van der Waals surface area (Å²) in [6.45, 7) is -0.583. The summed E-state index contributed by atoms with van der Waals surface area (Å²) in [5.41, 5.74) is -3.22. The maximum Gasteiger partial charge on any atom is 0.416 e. The summed E-state index contributed by atoms with van der Waals surface area (Å²) >= 11 is 0. The zero-order valence-corrected chi connectivity index (χ0v) is 14.3. The quantitative estimate of drug-likeness (QED) is 0.627. The van der Waals surface area contributed by atoms with E-state index in [1.807, 2.05) is 0 Å². The summed E-state index contributed by atoms with van der Waals surface area (Å²) in [5, 5.41) is 2.24. The molecule has 5 nitrogen and oxygen atoms in total. The van der Waals surface area contributed by atoms with E-state index in [0.717, 1.165) is 6.39 Å². The van der Waals surface area contributed by atoms with Crippen LogP contribution >= 0.6 is 0 Å². The molecule has 2 aromatic heterocycles. The predicted molar refractivity (Wildman–Crippen MR) is 87.4 cm³/mol. The highest BCUT2D eigenvalue weighted by Gasteiger charge is 2.36. The van der Waals surface area contributed by atoms with Crippen molar-refractivity contribution >= 4 is 5.91 Å². The number of amides is 1. The molecule has 0 atom stereocenters.